The molecule has 0 aromatic heterocycles. The van der Waals surface area contributed by atoms with Gasteiger partial charge in [0.25, 0.3) is 0 Å². The molecule has 0 spiro atoms. The molecule has 0 aliphatic rings. The third-order valence-electron chi connectivity index (χ3n) is 0.683. The first-order chi connectivity index (χ1) is 3.81. The van der Waals surface area contributed by atoms with Gasteiger partial charge in [0.15, 0.2) is 0 Å². The molecule has 3 N–H and O–H groups in total. The van der Waals surface area contributed by atoms with Gasteiger partial charge in [0.1, 0.15) is 6.67 Å². The van der Waals surface area contributed by atoms with Crippen LogP contribution in [0.4, 0.5) is 4.39 Å². The Morgan fingerprint density at radius 1 is 1.75 bits per heavy atom. The van der Waals surface area contributed by atoms with Crippen molar-refractivity contribution in [1.82, 2.24) is 0 Å². The van der Waals surface area contributed by atoms with Gasteiger partial charge in [-0.05, 0) is 0 Å². The topological polar surface area (TPSA) is 46.2 Å². The van der Waals surface area contributed by atoms with Crippen molar-refractivity contribution in [1.29, 1.82) is 0 Å². The Labute approximate surface area is 47.8 Å². The minimum atomic E-state index is -0.520. The molecule has 0 saturated heterocycles. The maximum atomic E-state index is 11.3. The molecule has 0 radical (unpaired) electrons. The zero-order valence-electron chi connectivity index (χ0n) is 4.55. The van der Waals surface area contributed by atoms with E-state index in [9.17, 15) is 4.39 Å². The summed E-state index contributed by atoms with van der Waals surface area (Å²) in [6, 6.07) is -0.411. The number of aliphatic hydroxyl groups excluding tert-OH is 1. The van der Waals surface area contributed by atoms with Gasteiger partial charge in [-0.25, -0.2) is 4.39 Å². The van der Waals surface area contributed by atoms with Gasteiger partial charge < -0.3 is 10.8 Å². The van der Waals surface area contributed by atoms with Crippen LogP contribution in [0.5, 0.6) is 0 Å². The van der Waals surface area contributed by atoms with Gasteiger partial charge in [-0.15, -0.1) is 0 Å². The van der Waals surface area contributed by atoms with Gasteiger partial charge in [0.05, 0.1) is 6.61 Å². The van der Waals surface area contributed by atoms with Crippen molar-refractivity contribution < 1.29 is 9.50 Å². The summed E-state index contributed by atoms with van der Waals surface area (Å²) < 4.78 is 11.3. The molecule has 0 aromatic carbocycles. The van der Waals surface area contributed by atoms with E-state index in [2.05, 4.69) is 0 Å². The molecule has 0 heterocycles. The van der Waals surface area contributed by atoms with Crippen LogP contribution in [0.1, 0.15) is 0 Å². The Kier molecular flexibility index (Phi) is 4.50. The molecule has 0 aliphatic heterocycles. The fraction of sp³-hybridized carbons (Fsp3) is 0.600. The molecule has 48 valence electrons. The van der Waals surface area contributed by atoms with Crippen molar-refractivity contribution >= 4 is 0 Å². The Hall–Kier alpha value is -0.410. The average Bonchev–Trinajstić information content (AvgIpc) is 1.83. The summed E-state index contributed by atoms with van der Waals surface area (Å²) in [6.45, 7) is -0.649. The summed E-state index contributed by atoms with van der Waals surface area (Å²) in [5, 5.41) is 8.26. The zero-order chi connectivity index (χ0) is 6.41. The second kappa shape index (κ2) is 4.74. The van der Waals surface area contributed by atoms with Crippen molar-refractivity contribution in [3.05, 3.63) is 12.2 Å². The lowest BCUT2D eigenvalue weighted by Gasteiger charge is -1.96. The second-order valence-electron chi connectivity index (χ2n) is 1.43. The summed E-state index contributed by atoms with van der Waals surface area (Å²) in [4.78, 5) is 0. The quantitative estimate of drug-likeness (QED) is 0.507. The third kappa shape index (κ3) is 3.77. The number of nitrogens with two attached hydrogens (primary N) is 1. The second-order valence-corrected chi connectivity index (χ2v) is 1.43. The summed E-state index contributed by atoms with van der Waals surface area (Å²) in [5.74, 6) is 0. The Morgan fingerprint density at radius 2 is 2.38 bits per heavy atom. The van der Waals surface area contributed by atoms with Gasteiger partial charge in [0.2, 0.25) is 0 Å². The molecule has 1 unspecified atom stereocenters. The minimum Gasteiger partial charge on any atom is -0.394 e. The Morgan fingerprint density at radius 3 is 2.75 bits per heavy atom. The van der Waals surface area contributed by atoms with Crippen LogP contribution in [-0.4, -0.2) is 24.4 Å². The van der Waals surface area contributed by atoms with E-state index in [1.807, 2.05) is 0 Å². The predicted octanol–water partition coefficient (Wildman–Crippen LogP) is -0.168. The predicted molar refractivity (Wildman–Crippen MR) is 30.2 cm³/mol. The van der Waals surface area contributed by atoms with Crippen LogP contribution in [0, 0.1) is 0 Å². The van der Waals surface area contributed by atoms with Crippen molar-refractivity contribution in [3.63, 3.8) is 0 Å². The van der Waals surface area contributed by atoms with E-state index < -0.39 is 12.7 Å². The van der Waals surface area contributed by atoms with Gasteiger partial charge in [-0.1, -0.05) is 12.2 Å². The largest absolute Gasteiger partial charge is 0.394 e. The highest BCUT2D eigenvalue weighted by Gasteiger charge is 1.88. The van der Waals surface area contributed by atoms with E-state index >= 15 is 0 Å². The minimum absolute atomic E-state index is 0.128. The molecule has 0 saturated carbocycles. The lowest BCUT2D eigenvalue weighted by Crippen LogP contribution is -2.20. The molecule has 0 bridgehead atoms. The van der Waals surface area contributed by atoms with E-state index in [0.29, 0.717) is 0 Å². The van der Waals surface area contributed by atoms with Crippen LogP contribution in [0.3, 0.4) is 0 Å². The number of hydrogen-bond acceptors (Lipinski definition) is 2. The standard InChI is InChI=1S/C5H10FNO/c6-3-1-2-5(7)4-8/h1-2,5,8H,3-4,7H2/b2-1+. The average molecular weight is 119 g/mol. The first-order valence-corrected chi connectivity index (χ1v) is 2.40. The lowest BCUT2D eigenvalue weighted by molar-refractivity contribution is 0.283. The highest BCUT2D eigenvalue weighted by Crippen LogP contribution is 1.79. The fourth-order valence-electron chi connectivity index (χ4n) is 0.287. The third-order valence-corrected chi connectivity index (χ3v) is 0.683. The molecular formula is C5H10FNO. The Balaban J connectivity index is 3.21. The van der Waals surface area contributed by atoms with Crippen LogP contribution in [0.15, 0.2) is 12.2 Å². The number of halogens is 1. The smallest absolute Gasteiger partial charge is 0.108 e. The zero-order valence-corrected chi connectivity index (χ0v) is 4.55. The number of aliphatic hydroxyl groups is 1. The molecule has 0 aromatic rings. The molecule has 8 heavy (non-hydrogen) atoms. The highest BCUT2D eigenvalue weighted by molar-refractivity contribution is 4.90. The molecular weight excluding hydrogens is 109 g/mol. The van der Waals surface area contributed by atoms with Crippen LogP contribution in [-0.2, 0) is 0 Å². The monoisotopic (exact) mass is 119 g/mol. The SMILES string of the molecule is NC(/C=C/CF)CO. The molecule has 1 atom stereocenters. The van der Waals surface area contributed by atoms with Crippen LogP contribution in [0.2, 0.25) is 0 Å². The summed E-state index contributed by atoms with van der Waals surface area (Å²) >= 11 is 0. The summed E-state index contributed by atoms with van der Waals surface area (Å²) in [5.41, 5.74) is 5.16. The van der Waals surface area contributed by atoms with Crippen molar-refractivity contribution in [2.45, 2.75) is 6.04 Å². The molecule has 0 amide bonds. The van der Waals surface area contributed by atoms with E-state index in [4.69, 9.17) is 10.8 Å². The van der Waals surface area contributed by atoms with Gasteiger partial charge in [-0.3, -0.25) is 0 Å². The van der Waals surface area contributed by atoms with Crippen LogP contribution in [0.25, 0.3) is 0 Å². The molecule has 2 nitrogen and oxygen atoms in total. The summed E-state index contributed by atoms with van der Waals surface area (Å²) in [7, 11) is 0. The van der Waals surface area contributed by atoms with Crippen molar-refractivity contribution in [2.75, 3.05) is 13.3 Å². The van der Waals surface area contributed by atoms with Crippen molar-refractivity contribution in [3.8, 4) is 0 Å². The Bertz CT molecular complexity index is 74.8. The van der Waals surface area contributed by atoms with E-state index in [1.54, 1.807) is 0 Å². The molecule has 0 aliphatic carbocycles. The molecule has 3 heteroatoms. The first kappa shape index (κ1) is 7.59. The fourth-order valence-corrected chi connectivity index (χ4v) is 0.287. The molecule has 0 fully saturated rings. The number of alkyl halides is 1. The number of rotatable bonds is 3. The lowest BCUT2D eigenvalue weighted by atomic mass is 10.3. The van der Waals surface area contributed by atoms with Crippen LogP contribution < -0.4 is 5.73 Å². The maximum absolute atomic E-state index is 11.3. The van der Waals surface area contributed by atoms with Crippen LogP contribution >= 0.6 is 0 Å². The molecule has 0 rings (SSSR count). The van der Waals surface area contributed by atoms with Gasteiger partial charge in [-0.2, -0.15) is 0 Å². The first-order valence-electron chi connectivity index (χ1n) is 2.40. The normalized spacial score (nSPS) is 14.9. The van der Waals surface area contributed by atoms with Gasteiger partial charge in [0, 0.05) is 6.04 Å². The number of allylic oxidation sites excluding steroid dienone is 1. The van der Waals surface area contributed by atoms with E-state index in [1.165, 1.54) is 12.2 Å². The van der Waals surface area contributed by atoms with Crippen molar-refractivity contribution in [2.24, 2.45) is 5.73 Å². The van der Waals surface area contributed by atoms with E-state index in [0.717, 1.165) is 0 Å². The number of hydrogen-bond donors (Lipinski definition) is 2. The highest BCUT2D eigenvalue weighted by atomic mass is 19.1. The van der Waals surface area contributed by atoms with Gasteiger partial charge >= 0.3 is 0 Å². The maximum Gasteiger partial charge on any atom is 0.108 e. The summed E-state index contributed by atoms with van der Waals surface area (Å²) in [6.07, 6.45) is 2.71. The van der Waals surface area contributed by atoms with E-state index in [-0.39, 0.29) is 6.61 Å².